The average Bonchev–Trinajstić information content (AvgIpc) is 2.53. The van der Waals surface area contributed by atoms with Crippen LogP contribution in [0.3, 0.4) is 0 Å². The number of nitrogens with zero attached hydrogens (tertiary/aromatic N) is 1. The van der Waals surface area contributed by atoms with Crippen molar-refractivity contribution in [1.29, 1.82) is 0 Å². The first kappa shape index (κ1) is 26.0. The van der Waals surface area contributed by atoms with Crippen LogP contribution in [-0.2, 0) is 18.3 Å². The van der Waals surface area contributed by atoms with Crippen LogP contribution in [0.25, 0.3) is 0 Å². The molecule has 2 atom stereocenters. The first-order chi connectivity index (χ1) is 12.2. The van der Waals surface area contributed by atoms with Gasteiger partial charge in [-0.05, 0) is 6.42 Å². The molecule has 26 heavy (non-hydrogen) atoms. The summed E-state index contributed by atoms with van der Waals surface area (Å²) >= 11 is 0. The molecular weight excluding hydrogens is 357 g/mol. The van der Waals surface area contributed by atoms with Crippen LogP contribution in [0.15, 0.2) is 0 Å². The van der Waals surface area contributed by atoms with E-state index in [1.807, 2.05) is 21.1 Å². The van der Waals surface area contributed by atoms with Gasteiger partial charge in [0.25, 0.3) is 0 Å². The lowest BCUT2D eigenvalue weighted by molar-refractivity contribution is -0.870. The summed E-state index contributed by atoms with van der Waals surface area (Å²) in [7, 11) is 1.75. The van der Waals surface area contributed by atoms with E-state index in [9.17, 15) is 14.6 Å². The van der Waals surface area contributed by atoms with E-state index in [2.05, 4.69) is 6.92 Å². The number of hydrogen-bond donors (Lipinski definition) is 2. The lowest BCUT2D eigenvalue weighted by Gasteiger charge is -2.24. The van der Waals surface area contributed by atoms with Crippen molar-refractivity contribution in [1.82, 2.24) is 0 Å². The molecule has 7 nitrogen and oxygen atoms in total. The SMILES string of the molecule is CCCCCCCCCCOCC(O)COP(=O)(O)OCC[N+](C)(C)C. The number of phosphoric acid groups is 1. The van der Waals surface area contributed by atoms with Gasteiger partial charge in [-0.2, -0.15) is 0 Å². The molecule has 2 N–H and O–H groups in total. The number of ether oxygens (including phenoxy) is 1. The standard InChI is InChI=1S/C18H40NO6P/c1-5-6-7-8-9-10-11-12-14-23-16-18(20)17-25-26(21,22)24-15-13-19(2,3)4/h18,20H,5-17H2,1-4H3/p+1. The van der Waals surface area contributed by atoms with Gasteiger partial charge in [0, 0.05) is 6.61 Å². The Labute approximate surface area is 159 Å². The van der Waals surface area contributed by atoms with Crippen molar-refractivity contribution < 1.29 is 32.8 Å². The highest BCUT2D eigenvalue weighted by Gasteiger charge is 2.24. The van der Waals surface area contributed by atoms with E-state index in [-0.39, 0.29) is 19.8 Å². The molecule has 2 unspecified atom stereocenters. The predicted molar refractivity (Wildman–Crippen MR) is 104 cm³/mol. The molecule has 0 heterocycles. The lowest BCUT2D eigenvalue weighted by atomic mass is 10.1. The van der Waals surface area contributed by atoms with Crippen LogP contribution in [0.4, 0.5) is 0 Å². The molecule has 8 heteroatoms. The maximum absolute atomic E-state index is 11.7. The average molecular weight is 399 g/mol. The number of phosphoric ester groups is 1. The van der Waals surface area contributed by atoms with E-state index in [1.54, 1.807) is 0 Å². The van der Waals surface area contributed by atoms with E-state index in [1.165, 1.54) is 38.5 Å². The molecule has 0 saturated carbocycles. The lowest BCUT2D eigenvalue weighted by Crippen LogP contribution is -2.37. The minimum Gasteiger partial charge on any atom is -0.388 e. The quantitative estimate of drug-likeness (QED) is 0.209. The molecule has 0 saturated heterocycles. The number of unbranched alkanes of at least 4 members (excludes halogenated alkanes) is 7. The highest BCUT2D eigenvalue weighted by Crippen LogP contribution is 2.43. The van der Waals surface area contributed by atoms with Crippen LogP contribution in [0.2, 0.25) is 0 Å². The van der Waals surface area contributed by atoms with Crippen LogP contribution in [0, 0.1) is 0 Å². The number of aliphatic hydroxyl groups is 1. The van der Waals surface area contributed by atoms with Crippen LogP contribution < -0.4 is 0 Å². The number of hydrogen-bond acceptors (Lipinski definition) is 5. The van der Waals surface area contributed by atoms with E-state index >= 15 is 0 Å². The summed E-state index contributed by atoms with van der Waals surface area (Å²) in [5.74, 6) is 0. The van der Waals surface area contributed by atoms with Crippen molar-refractivity contribution in [2.24, 2.45) is 0 Å². The Balaban J connectivity index is 3.55. The number of quaternary nitrogens is 1. The van der Waals surface area contributed by atoms with Crippen molar-refractivity contribution in [3.63, 3.8) is 0 Å². The maximum atomic E-state index is 11.7. The second kappa shape index (κ2) is 15.0. The predicted octanol–water partition coefficient (Wildman–Crippen LogP) is 3.34. The van der Waals surface area contributed by atoms with Crippen LogP contribution in [0.1, 0.15) is 58.3 Å². The molecule has 0 fully saturated rings. The Hall–Kier alpha value is -0.0100. The molecule has 158 valence electrons. The smallest absolute Gasteiger partial charge is 0.388 e. The summed E-state index contributed by atoms with van der Waals surface area (Å²) in [5, 5.41) is 9.75. The fraction of sp³-hybridized carbons (Fsp3) is 1.00. The summed E-state index contributed by atoms with van der Waals surface area (Å²) in [6.07, 6.45) is 8.88. The van der Waals surface area contributed by atoms with Gasteiger partial charge >= 0.3 is 7.82 Å². The number of rotatable bonds is 18. The zero-order valence-corrected chi connectivity index (χ0v) is 18.1. The third-order valence-electron chi connectivity index (χ3n) is 3.90. The van der Waals surface area contributed by atoms with Gasteiger partial charge in [-0.15, -0.1) is 0 Å². The van der Waals surface area contributed by atoms with E-state index in [0.29, 0.717) is 17.6 Å². The molecule has 0 aliphatic carbocycles. The van der Waals surface area contributed by atoms with Gasteiger partial charge in [0.05, 0.1) is 34.4 Å². The Morgan fingerprint density at radius 3 is 2.04 bits per heavy atom. The molecule has 0 aromatic rings. The zero-order chi connectivity index (χ0) is 19.9. The van der Waals surface area contributed by atoms with Gasteiger partial charge in [0.1, 0.15) is 19.3 Å². The zero-order valence-electron chi connectivity index (χ0n) is 17.2. The fourth-order valence-corrected chi connectivity index (χ4v) is 3.00. The molecule has 0 aliphatic heterocycles. The third kappa shape index (κ3) is 18.8. The Kier molecular flexibility index (Phi) is 15.0. The highest BCUT2D eigenvalue weighted by atomic mass is 31.2. The molecule has 0 aromatic carbocycles. The first-order valence-electron chi connectivity index (χ1n) is 9.84. The van der Waals surface area contributed by atoms with Gasteiger partial charge in [0.15, 0.2) is 0 Å². The van der Waals surface area contributed by atoms with Gasteiger partial charge in [-0.3, -0.25) is 9.05 Å². The van der Waals surface area contributed by atoms with Gasteiger partial charge in [-0.25, -0.2) is 4.57 Å². The molecule has 0 aliphatic rings. The summed E-state index contributed by atoms with van der Waals surface area (Å²) < 4.78 is 27.4. The van der Waals surface area contributed by atoms with E-state index in [4.69, 9.17) is 13.8 Å². The monoisotopic (exact) mass is 398 g/mol. The van der Waals surface area contributed by atoms with Crippen LogP contribution >= 0.6 is 7.82 Å². The fourth-order valence-electron chi connectivity index (χ4n) is 2.25. The number of likely N-dealkylation sites (N-methyl/N-ethyl adjacent to an activating group) is 1. The van der Waals surface area contributed by atoms with Crippen molar-refractivity contribution in [2.75, 3.05) is 54.1 Å². The molecule has 0 amide bonds. The molecular formula is C18H41NO6P+. The van der Waals surface area contributed by atoms with Crippen molar-refractivity contribution >= 4 is 7.82 Å². The summed E-state index contributed by atoms with van der Waals surface area (Å²) in [5.41, 5.74) is 0. The minimum atomic E-state index is -4.12. The van der Waals surface area contributed by atoms with Crippen molar-refractivity contribution in [3.05, 3.63) is 0 Å². The van der Waals surface area contributed by atoms with Crippen LogP contribution in [0.5, 0.6) is 0 Å². The largest absolute Gasteiger partial charge is 0.472 e. The molecule has 0 aromatic heterocycles. The third-order valence-corrected chi connectivity index (χ3v) is 4.88. The Morgan fingerprint density at radius 1 is 0.885 bits per heavy atom. The highest BCUT2D eigenvalue weighted by molar-refractivity contribution is 7.47. The normalized spacial score (nSPS) is 15.8. The molecule has 0 radical (unpaired) electrons. The maximum Gasteiger partial charge on any atom is 0.472 e. The van der Waals surface area contributed by atoms with Gasteiger partial charge in [0.2, 0.25) is 0 Å². The Morgan fingerprint density at radius 2 is 1.46 bits per heavy atom. The summed E-state index contributed by atoms with van der Waals surface area (Å²) in [4.78, 5) is 9.56. The van der Waals surface area contributed by atoms with E-state index in [0.717, 1.165) is 12.8 Å². The molecule has 0 spiro atoms. The van der Waals surface area contributed by atoms with Crippen molar-refractivity contribution in [2.45, 2.75) is 64.4 Å². The molecule has 0 bridgehead atoms. The second-order valence-corrected chi connectivity index (χ2v) is 9.27. The first-order valence-corrected chi connectivity index (χ1v) is 11.3. The summed E-state index contributed by atoms with van der Waals surface area (Å²) in [6.45, 7) is 3.31. The van der Waals surface area contributed by atoms with Gasteiger partial charge < -0.3 is 19.2 Å². The van der Waals surface area contributed by atoms with Crippen LogP contribution in [-0.4, -0.2) is 74.7 Å². The topological polar surface area (TPSA) is 85.2 Å². The van der Waals surface area contributed by atoms with E-state index < -0.39 is 13.9 Å². The number of aliphatic hydroxyl groups excluding tert-OH is 1. The van der Waals surface area contributed by atoms with Gasteiger partial charge in [-0.1, -0.05) is 51.9 Å². The van der Waals surface area contributed by atoms with Crippen molar-refractivity contribution in [3.8, 4) is 0 Å². The second-order valence-electron chi connectivity index (χ2n) is 7.82. The Bertz CT molecular complexity index is 375. The molecule has 0 rings (SSSR count). The minimum absolute atomic E-state index is 0.0926. The summed E-state index contributed by atoms with van der Waals surface area (Å²) in [6, 6.07) is 0.